The molecule has 1 aromatic carbocycles. The van der Waals surface area contributed by atoms with Crippen molar-refractivity contribution in [1.82, 2.24) is 14.7 Å². The van der Waals surface area contributed by atoms with Gasteiger partial charge in [-0.1, -0.05) is 12.1 Å². The lowest BCUT2D eigenvalue weighted by Gasteiger charge is -2.21. The molecule has 0 radical (unpaired) electrons. The molecular formula is C18H16F3N3O3. The van der Waals surface area contributed by atoms with E-state index in [2.05, 4.69) is 5.10 Å². The summed E-state index contributed by atoms with van der Waals surface area (Å²) < 4.78 is 41.9. The van der Waals surface area contributed by atoms with Crippen LogP contribution >= 0.6 is 0 Å². The van der Waals surface area contributed by atoms with Crippen LogP contribution in [-0.2, 0) is 24.1 Å². The van der Waals surface area contributed by atoms with Gasteiger partial charge in [0.2, 0.25) is 5.91 Å². The van der Waals surface area contributed by atoms with E-state index in [1.165, 1.54) is 21.8 Å². The number of carbonyl (C=O) groups excluding carboxylic acids is 1. The van der Waals surface area contributed by atoms with Crippen molar-refractivity contribution in [3.8, 4) is 0 Å². The van der Waals surface area contributed by atoms with Crippen molar-refractivity contribution < 1.29 is 27.9 Å². The molecule has 4 rings (SSSR count). The van der Waals surface area contributed by atoms with Crippen LogP contribution < -0.4 is 0 Å². The van der Waals surface area contributed by atoms with Gasteiger partial charge in [0.1, 0.15) is 0 Å². The molecule has 1 N–H and O–H groups in total. The summed E-state index contributed by atoms with van der Waals surface area (Å²) in [6, 6.07) is 3.98. The fraction of sp³-hybridized carbons (Fsp3) is 0.389. The number of carboxylic acids is 1. The van der Waals surface area contributed by atoms with Gasteiger partial charge in [0, 0.05) is 25.2 Å². The van der Waals surface area contributed by atoms with E-state index in [0.29, 0.717) is 18.0 Å². The molecule has 2 unspecified atom stereocenters. The largest absolute Gasteiger partial charge is 0.478 e. The Kier molecular flexibility index (Phi) is 3.97. The van der Waals surface area contributed by atoms with E-state index in [9.17, 15) is 22.8 Å². The molecule has 1 aromatic heterocycles. The highest BCUT2D eigenvalue weighted by atomic mass is 19.4. The molecule has 1 saturated heterocycles. The van der Waals surface area contributed by atoms with E-state index in [1.54, 1.807) is 6.07 Å². The number of carboxylic acid groups (broad SMARTS) is 1. The smallest absolute Gasteiger partial charge is 0.416 e. The number of rotatable bonds is 5. The van der Waals surface area contributed by atoms with Gasteiger partial charge in [-0.25, -0.2) is 4.79 Å². The predicted octanol–water partition coefficient (Wildman–Crippen LogP) is 2.63. The topological polar surface area (TPSA) is 75.4 Å². The SMILES string of the molecule is O=C(O)c1cnn(Cc2ccc(CN3CC4CC4C3=O)c(C(F)(F)F)c2)c1. The van der Waals surface area contributed by atoms with E-state index in [-0.39, 0.29) is 36.0 Å². The number of fused-ring (bicyclic) bond motifs is 1. The van der Waals surface area contributed by atoms with Crippen molar-refractivity contribution >= 4 is 11.9 Å². The number of likely N-dealkylation sites (tertiary alicyclic amines) is 1. The number of benzene rings is 1. The number of halogens is 3. The monoisotopic (exact) mass is 379 g/mol. The second-order valence-corrected chi connectivity index (χ2v) is 7.04. The molecule has 1 amide bonds. The van der Waals surface area contributed by atoms with Gasteiger partial charge >= 0.3 is 12.1 Å². The molecule has 0 bridgehead atoms. The molecule has 142 valence electrons. The third-order valence-electron chi connectivity index (χ3n) is 5.07. The Bertz CT molecular complexity index is 922. The summed E-state index contributed by atoms with van der Waals surface area (Å²) in [6.07, 6.45) is -1.29. The maximum Gasteiger partial charge on any atom is 0.416 e. The summed E-state index contributed by atoms with van der Waals surface area (Å²) in [7, 11) is 0. The molecule has 2 aromatic rings. The van der Waals surface area contributed by atoms with Gasteiger partial charge in [0.25, 0.3) is 0 Å². The Morgan fingerprint density at radius 3 is 2.67 bits per heavy atom. The van der Waals surface area contributed by atoms with E-state index >= 15 is 0 Å². The molecule has 1 saturated carbocycles. The first-order valence-corrected chi connectivity index (χ1v) is 8.46. The van der Waals surface area contributed by atoms with Crippen LogP contribution in [0.2, 0.25) is 0 Å². The quantitative estimate of drug-likeness (QED) is 0.867. The molecule has 27 heavy (non-hydrogen) atoms. The second-order valence-electron chi connectivity index (χ2n) is 7.04. The van der Waals surface area contributed by atoms with Gasteiger partial charge in [-0.3, -0.25) is 9.48 Å². The third-order valence-corrected chi connectivity index (χ3v) is 5.07. The standard InChI is InChI=1S/C18H16F3N3O3/c19-18(20,21)15-3-10(6-24-9-13(5-22-24)17(26)27)1-2-11(15)7-23-8-12-4-14(12)16(23)25/h1-3,5,9,12,14H,4,6-8H2,(H,26,27). The van der Waals surface area contributed by atoms with Gasteiger partial charge < -0.3 is 10.0 Å². The van der Waals surface area contributed by atoms with Gasteiger partial charge in [0.05, 0.1) is 23.9 Å². The number of aromatic carboxylic acids is 1. The zero-order valence-corrected chi connectivity index (χ0v) is 14.1. The van der Waals surface area contributed by atoms with Crippen LogP contribution in [0.4, 0.5) is 13.2 Å². The minimum Gasteiger partial charge on any atom is -0.478 e. The van der Waals surface area contributed by atoms with E-state index < -0.39 is 17.7 Å². The summed E-state index contributed by atoms with van der Waals surface area (Å²) in [5.74, 6) is -0.910. The van der Waals surface area contributed by atoms with Crippen LogP contribution in [0.1, 0.15) is 33.5 Å². The Balaban J connectivity index is 1.57. The molecule has 0 spiro atoms. The average Bonchev–Trinajstić information content (AvgIpc) is 3.08. The third kappa shape index (κ3) is 3.41. The van der Waals surface area contributed by atoms with Crippen LogP contribution in [0.5, 0.6) is 0 Å². The number of carbonyl (C=O) groups is 2. The van der Waals surface area contributed by atoms with E-state index in [4.69, 9.17) is 5.11 Å². The van der Waals surface area contributed by atoms with Crippen LogP contribution in [0.15, 0.2) is 30.6 Å². The number of nitrogens with zero attached hydrogens (tertiary/aromatic N) is 3. The Hall–Kier alpha value is -2.84. The zero-order chi connectivity index (χ0) is 19.3. The highest BCUT2D eigenvalue weighted by molar-refractivity contribution is 5.86. The van der Waals surface area contributed by atoms with Gasteiger partial charge in [0.15, 0.2) is 0 Å². The maximum atomic E-state index is 13.5. The van der Waals surface area contributed by atoms with Crippen LogP contribution in [0, 0.1) is 11.8 Å². The minimum atomic E-state index is -4.55. The van der Waals surface area contributed by atoms with Gasteiger partial charge in [-0.05, 0) is 29.5 Å². The molecule has 2 fully saturated rings. The normalized spacial score (nSPS) is 21.4. The molecule has 1 aliphatic carbocycles. The van der Waals surface area contributed by atoms with Crippen LogP contribution in [0.3, 0.4) is 0 Å². The number of hydrogen-bond donors (Lipinski definition) is 1. The fourth-order valence-electron chi connectivity index (χ4n) is 3.58. The molecular weight excluding hydrogens is 363 g/mol. The molecule has 2 heterocycles. The van der Waals surface area contributed by atoms with Crippen molar-refractivity contribution in [2.24, 2.45) is 11.8 Å². The lowest BCUT2D eigenvalue weighted by Crippen LogP contribution is -2.29. The lowest BCUT2D eigenvalue weighted by atomic mass is 10.0. The highest BCUT2D eigenvalue weighted by Gasteiger charge is 2.52. The number of hydrogen-bond acceptors (Lipinski definition) is 3. The van der Waals surface area contributed by atoms with E-state index in [0.717, 1.165) is 18.7 Å². The first-order valence-electron chi connectivity index (χ1n) is 8.46. The lowest BCUT2D eigenvalue weighted by molar-refractivity contribution is -0.139. The second kappa shape index (κ2) is 6.11. The number of aromatic nitrogens is 2. The van der Waals surface area contributed by atoms with Crippen molar-refractivity contribution in [2.75, 3.05) is 6.54 Å². The van der Waals surface area contributed by atoms with Crippen molar-refractivity contribution in [3.63, 3.8) is 0 Å². The minimum absolute atomic E-state index is 0.00172. The molecule has 2 atom stereocenters. The molecule has 1 aliphatic heterocycles. The Morgan fingerprint density at radius 2 is 2.07 bits per heavy atom. The first-order chi connectivity index (χ1) is 12.7. The average molecular weight is 379 g/mol. The Morgan fingerprint density at radius 1 is 1.30 bits per heavy atom. The summed E-state index contributed by atoms with van der Waals surface area (Å²) in [4.78, 5) is 24.4. The van der Waals surface area contributed by atoms with Crippen molar-refractivity contribution in [2.45, 2.75) is 25.7 Å². The fourth-order valence-corrected chi connectivity index (χ4v) is 3.58. The summed E-state index contributed by atoms with van der Waals surface area (Å²) in [6.45, 7) is 0.489. The Labute approximate surface area is 152 Å². The van der Waals surface area contributed by atoms with Crippen LogP contribution in [0.25, 0.3) is 0 Å². The summed E-state index contributed by atoms with van der Waals surface area (Å²) >= 11 is 0. The molecule has 6 nitrogen and oxygen atoms in total. The summed E-state index contributed by atoms with van der Waals surface area (Å²) in [5, 5.41) is 12.8. The van der Waals surface area contributed by atoms with Gasteiger partial charge in [-0.15, -0.1) is 0 Å². The molecule has 9 heteroatoms. The van der Waals surface area contributed by atoms with E-state index in [1.807, 2.05) is 0 Å². The van der Waals surface area contributed by atoms with Crippen molar-refractivity contribution in [3.05, 3.63) is 52.8 Å². The predicted molar refractivity (Wildman–Crippen MR) is 86.7 cm³/mol. The number of piperidine rings is 1. The maximum absolute atomic E-state index is 13.5. The zero-order valence-electron chi connectivity index (χ0n) is 14.1. The number of alkyl halides is 3. The summed E-state index contributed by atoms with van der Waals surface area (Å²) in [5.41, 5.74) is -0.401. The first kappa shape index (κ1) is 17.6. The van der Waals surface area contributed by atoms with Crippen LogP contribution in [-0.4, -0.2) is 38.2 Å². The van der Waals surface area contributed by atoms with Crippen molar-refractivity contribution in [1.29, 1.82) is 0 Å². The molecule has 2 aliphatic rings. The number of amides is 1. The highest BCUT2D eigenvalue weighted by Crippen LogP contribution is 2.46. The van der Waals surface area contributed by atoms with Gasteiger partial charge in [-0.2, -0.15) is 18.3 Å².